The highest BCUT2D eigenvalue weighted by Crippen LogP contribution is 2.03. The van der Waals surface area contributed by atoms with Crippen LogP contribution in [0.2, 0.25) is 0 Å². The molecule has 0 aromatic carbocycles. The molecule has 1 amide bonds. The topological polar surface area (TPSA) is 47.6 Å². The molecule has 0 spiro atoms. The van der Waals surface area contributed by atoms with E-state index in [1.54, 1.807) is 0 Å². The van der Waals surface area contributed by atoms with E-state index < -0.39 is 6.09 Å². The van der Waals surface area contributed by atoms with Crippen molar-refractivity contribution < 1.29 is 14.3 Å². The molecule has 0 aliphatic rings. The molecule has 0 aliphatic carbocycles. The lowest BCUT2D eigenvalue weighted by Crippen LogP contribution is -2.28. The van der Waals surface area contributed by atoms with E-state index in [-0.39, 0.29) is 6.61 Å². The first-order chi connectivity index (χ1) is 6.70. The zero-order valence-electron chi connectivity index (χ0n) is 8.84. The van der Waals surface area contributed by atoms with Crippen LogP contribution < -0.4 is 5.32 Å². The molecule has 0 bridgehead atoms. The van der Waals surface area contributed by atoms with Gasteiger partial charge < -0.3 is 14.8 Å². The van der Waals surface area contributed by atoms with Gasteiger partial charge in [-0.15, -0.1) is 0 Å². The minimum atomic E-state index is -0.442. The summed E-state index contributed by atoms with van der Waals surface area (Å²) in [4.78, 5) is 10.9. The Bertz CT molecular complexity index is 171. The van der Waals surface area contributed by atoms with Gasteiger partial charge in [0.1, 0.15) is 6.61 Å². The molecule has 0 rings (SSSR count). The van der Waals surface area contributed by atoms with Crippen LogP contribution in [0.25, 0.3) is 0 Å². The average Bonchev–Trinajstić information content (AvgIpc) is 2.21. The van der Waals surface area contributed by atoms with Gasteiger partial charge in [-0.05, 0) is 13.3 Å². The summed E-state index contributed by atoms with van der Waals surface area (Å²) in [6.45, 7) is 8.51. The maximum atomic E-state index is 10.9. The van der Waals surface area contributed by atoms with Gasteiger partial charge in [0.05, 0.1) is 12.7 Å². The SMILES string of the molecule is C=CCOC(=O)NCCO[C](C)CC. The third-order valence-electron chi connectivity index (χ3n) is 1.55. The van der Waals surface area contributed by atoms with Crippen LogP contribution in [0.15, 0.2) is 12.7 Å². The molecule has 1 N–H and O–H groups in total. The van der Waals surface area contributed by atoms with Gasteiger partial charge in [0.25, 0.3) is 0 Å². The van der Waals surface area contributed by atoms with E-state index in [0.29, 0.717) is 13.2 Å². The minimum absolute atomic E-state index is 0.229. The summed E-state index contributed by atoms with van der Waals surface area (Å²) in [6.07, 6.45) is 2.93. The van der Waals surface area contributed by atoms with Crippen molar-refractivity contribution in [1.82, 2.24) is 5.32 Å². The summed E-state index contributed by atoms with van der Waals surface area (Å²) in [5.41, 5.74) is 0. The second-order valence-corrected chi connectivity index (χ2v) is 2.72. The zero-order valence-corrected chi connectivity index (χ0v) is 8.84. The van der Waals surface area contributed by atoms with E-state index in [4.69, 9.17) is 9.47 Å². The number of rotatable bonds is 7. The molecule has 0 aromatic heterocycles. The van der Waals surface area contributed by atoms with Gasteiger partial charge in [-0.2, -0.15) is 0 Å². The van der Waals surface area contributed by atoms with Crippen molar-refractivity contribution in [3.8, 4) is 0 Å². The lowest BCUT2D eigenvalue weighted by molar-refractivity contribution is 0.132. The molecule has 0 atom stereocenters. The predicted octanol–water partition coefficient (Wildman–Crippen LogP) is 1.88. The van der Waals surface area contributed by atoms with E-state index >= 15 is 0 Å². The Balaban J connectivity index is 3.26. The Kier molecular flexibility index (Phi) is 7.93. The summed E-state index contributed by atoms with van der Waals surface area (Å²) in [5, 5.41) is 2.55. The largest absolute Gasteiger partial charge is 0.445 e. The molecule has 0 fully saturated rings. The molecule has 14 heavy (non-hydrogen) atoms. The Morgan fingerprint density at radius 3 is 2.79 bits per heavy atom. The number of amides is 1. The average molecular weight is 200 g/mol. The fourth-order valence-corrected chi connectivity index (χ4v) is 0.666. The first kappa shape index (κ1) is 13.0. The molecule has 0 saturated carbocycles. The van der Waals surface area contributed by atoms with Gasteiger partial charge in [-0.3, -0.25) is 0 Å². The highest BCUT2D eigenvalue weighted by atomic mass is 16.5. The third kappa shape index (κ3) is 7.61. The van der Waals surface area contributed by atoms with Crippen LogP contribution in [0.4, 0.5) is 4.79 Å². The van der Waals surface area contributed by atoms with Crippen LogP contribution in [0, 0.1) is 6.10 Å². The Morgan fingerprint density at radius 2 is 2.21 bits per heavy atom. The summed E-state index contributed by atoms with van der Waals surface area (Å²) in [7, 11) is 0. The molecule has 81 valence electrons. The highest BCUT2D eigenvalue weighted by Gasteiger charge is 2.01. The molecule has 0 aliphatic heterocycles. The summed E-state index contributed by atoms with van der Waals surface area (Å²) in [6, 6.07) is 0. The van der Waals surface area contributed by atoms with E-state index in [9.17, 15) is 4.79 Å². The summed E-state index contributed by atoms with van der Waals surface area (Å²) >= 11 is 0. The van der Waals surface area contributed by atoms with E-state index in [1.807, 2.05) is 13.8 Å². The van der Waals surface area contributed by atoms with Crippen molar-refractivity contribution in [3.63, 3.8) is 0 Å². The molecule has 0 heterocycles. The normalized spacial score (nSPS) is 9.93. The number of hydrogen-bond donors (Lipinski definition) is 1. The number of carbonyl (C=O) groups is 1. The van der Waals surface area contributed by atoms with Gasteiger partial charge in [0.2, 0.25) is 0 Å². The number of carbonyl (C=O) groups excluding carboxylic acids is 1. The molecular formula is C10H18NO3. The number of nitrogens with one attached hydrogen (secondary N) is 1. The number of alkyl carbamates (subject to hydrolysis) is 1. The van der Waals surface area contributed by atoms with Crippen molar-refractivity contribution in [3.05, 3.63) is 18.8 Å². The Hall–Kier alpha value is -1.03. The van der Waals surface area contributed by atoms with Gasteiger partial charge >= 0.3 is 6.09 Å². The fraction of sp³-hybridized carbons (Fsp3) is 0.600. The Morgan fingerprint density at radius 1 is 1.50 bits per heavy atom. The third-order valence-corrected chi connectivity index (χ3v) is 1.55. The number of ether oxygens (including phenoxy) is 2. The Labute approximate surface area is 85.3 Å². The zero-order chi connectivity index (χ0) is 10.8. The van der Waals surface area contributed by atoms with E-state index in [1.165, 1.54) is 6.08 Å². The quantitative estimate of drug-likeness (QED) is 0.504. The summed E-state index contributed by atoms with van der Waals surface area (Å²) in [5.74, 6) is 0. The first-order valence-electron chi connectivity index (χ1n) is 4.67. The van der Waals surface area contributed by atoms with Crippen LogP contribution in [0.5, 0.6) is 0 Å². The fourth-order valence-electron chi connectivity index (χ4n) is 0.666. The van der Waals surface area contributed by atoms with E-state index in [2.05, 4.69) is 11.9 Å². The van der Waals surface area contributed by atoms with Crippen molar-refractivity contribution in [2.45, 2.75) is 20.3 Å². The maximum Gasteiger partial charge on any atom is 0.407 e. The van der Waals surface area contributed by atoms with Gasteiger partial charge in [0, 0.05) is 6.54 Å². The first-order valence-corrected chi connectivity index (χ1v) is 4.67. The van der Waals surface area contributed by atoms with Crippen molar-refractivity contribution in [2.24, 2.45) is 0 Å². The molecule has 4 heteroatoms. The monoisotopic (exact) mass is 200 g/mol. The molecule has 0 aromatic rings. The second-order valence-electron chi connectivity index (χ2n) is 2.72. The van der Waals surface area contributed by atoms with Gasteiger partial charge in [-0.25, -0.2) is 4.79 Å². The molecule has 0 unspecified atom stereocenters. The molecule has 0 saturated heterocycles. The molecular weight excluding hydrogens is 182 g/mol. The van der Waals surface area contributed by atoms with E-state index in [0.717, 1.165) is 12.5 Å². The van der Waals surface area contributed by atoms with Crippen LogP contribution in [-0.2, 0) is 9.47 Å². The van der Waals surface area contributed by atoms with Crippen LogP contribution in [-0.4, -0.2) is 25.9 Å². The second kappa shape index (κ2) is 8.56. The molecule has 4 nitrogen and oxygen atoms in total. The lowest BCUT2D eigenvalue weighted by Gasteiger charge is -2.09. The lowest BCUT2D eigenvalue weighted by atomic mass is 10.3. The standard InChI is InChI=1S/C10H18NO3/c1-4-7-14-10(12)11-6-8-13-9(3)5-2/h4H,1,5-8H2,2-3H3,(H,11,12). The predicted molar refractivity (Wildman–Crippen MR) is 54.7 cm³/mol. The summed E-state index contributed by atoms with van der Waals surface area (Å²) < 4.78 is 9.97. The van der Waals surface area contributed by atoms with Crippen molar-refractivity contribution >= 4 is 6.09 Å². The van der Waals surface area contributed by atoms with Crippen LogP contribution >= 0.6 is 0 Å². The van der Waals surface area contributed by atoms with Crippen LogP contribution in [0.1, 0.15) is 20.3 Å². The maximum absolute atomic E-state index is 10.9. The van der Waals surface area contributed by atoms with Crippen molar-refractivity contribution in [1.29, 1.82) is 0 Å². The van der Waals surface area contributed by atoms with Crippen LogP contribution in [0.3, 0.4) is 0 Å². The smallest absolute Gasteiger partial charge is 0.407 e. The number of hydrogen-bond acceptors (Lipinski definition) is 3. The minimum Gasteiger partial charge on any atom is -0.445 e. The van der Waals surface area contributed by atoms with Gasteiger partial charge in [-0.1, -0.05) is 19.6 Å². The van der Waals surface area contributed by atoms with Crippen molar-refractivity contribution in [2.75, 3.05) is 19.8 Å². The highest BCUT2D eigenvalue weighted by molar-refractivity contribution is 5.67. The molecule has 1 radical (unpaired) electrons. The van der Waals surface area contributed by atoms with Gasteiger partial charge in [0.15, 0.2) is 0 Å².